The van der Waals surface area contributed by atoms with Crippen molar-refractivity contribution in [2.24, 2.45) is 0 Å². The first kappa shape index (κ1) is 17.4. The van der Waals surface area contributed by atoms with Crippen LogP contribution in [0.1, 0.15) is 53.3 Å². The summed E-state index contributed by atoms with van der Waals surface area (Å²) in [4.78, 5) is 19.1. The third-order valence-corrected chi connectivity index (χ3v) is 7.17. The van der Waals surface area contributed by atoms with E-state index in [4.69, 9.17) is 0 Å². The number of nitrogens with zero attached hydrogens (tertiary/aromatic N) is 3. The number of amides is 1. The van der Waals surface area contributed by atoms with Crippen LogP contribution < -0.4 is 0 Å². The monoisotopic (exact) mass is 351 g/mol. The normalized spacial score (nSPS) is 22.0. The fourth-order valence-corrected chi connectivity index (χ4v) is 4.68. The lowest BCUT2D eigenvalue weighted by molar-refractivity contribution is 0.0724. The minimum absolute atomic E-state index is 0.110. The van der Waals surface area contributed by atoms with E-state index in [2.05, 4.69) is 4.98 Å². The Bertz CT molecular complexity index is 741. The number of aromatic nitrogens is 1. The van der Waals surface area contributed by atoms with E-state index in [-0.39, 0.29) is 12.5 Å². The molecule has 2 aliphatic rings. The molecule has 0 aromatic carbocycles. The van der Waals surface area contributed by atoms with Gasteiger partial charge in [0.1, 0.15) is 0 Å². The van der Waals surface area contributed by atoms with E-state index in [1.165, 1.54) is 17.1 Å². The van der Waals surface area contributed by atoms with Gasteiger partial charge in [-0.1, -0.05) is 0 Å². The number of rotatable bonds is 4. The molecule has 24 heavy (non-hydrogen) atoms. The van der Waals surface area contributed by atoms with Crippen LogP contribution in [0.2, 0.25) is 0 Å². The maximum Gasteiger partial charge on any atom is 0.255 e. The molecule has 1 saturated carbocycles. The SMILES string of the molecule is Cc1nc(C2CC2)ccc1C(=O)N1CCC[C@H](S(=O)(=O)N(C)C)C1. The largest absolute Gasteiger partial charge is 0.337 e. The molecule has 1 amide bonds. The molecule has 1 saturated heterocycles. The van der Waals surface area contributed by atoms with Crippen LogP contribution >= 0.6 is 0 Å². The number of hydrogen-bond acceptors (Lipinski definition) is 4. The Hall–Kier alpha value is -1.47. The smallest absolute Gasteiger partial charge is 0.255 e. The average molecular weight is 351 g/mol. The Morgan fingerprint density at radius 2 is 1.96 bits per heavy atom. The molecule has 2 heterocycles. The molecule has 1 atom stereocenters. The lowest BCUT2D eigenvalue weighted by Gasteiger charge is -2.33. The summed E-state index contributed by atoms with van der Waals surface area (Å²) >= 11 is 0. The van der Waals surface area contributed by atoms with Gasteiger partial charge in [0.2, 0.25) is 10.0 Å². The Kier molecular flexibility index (Phi) is 4.66. The first-order valence-corrected chi connectivity index (χ1v) is 9.99. The predicted octanol–water partition coefficient (Wildman–Crippen LogP) is 1.76. The van der Waals surface area contributed by atoms with Crippen molar-refractivity contribution in [1.29, 1.82) is 0 Å². The average Bonchev–Trinajstić information content (AvgIpc) is 3.39. The molecule has 0 unspecified atom stereocenters. The zero-order valence-corrected chi connectivity index (χ0v) is 15.3. The van der Waals surface area contributed by atoms with E-state index in [1.807, 2.05) is 19.1 Å². The summed E-state index contributed by atoms with van der Waals surface area (Å²) in [6, 6.07) is 3.79. The van der Waals surface area contributed by atoms with Crippen molar-refractivity contribution >= 4 is 15.9 Å². The summed E-state index contributed by atoms with van der Waals surface area (Å²) in [5.41, 5.74) is 2.39. The molecular formula is C17H25N3O3S. The summed E-state index contributed by atoms with van der Waals surface area (Å²) in [5.74, 6) is 0.443. The third kappa shape index (κ3) is 3.32. The maximum absolute atomic E-state index is 12.8. The van der Waals surface area contributed by atoms with Crippen LogP contribution in [0.15, 0.2) is 12.1 Å². The van der Waals surface area contributed by atoms with E-state index in [0.29, 0.717) is 30.9 Å². The van der Waals surface area contributed by atoms with Gasteiger partial charge in [0.15, 0.2) is 0 Å². The molecular weight excluding hydrogens is 326 g/mol. The third-order valence-electron chi connectivity index (χ3n) is 4.93. The van der Waals surface area contributed by atoms with Gasteiger partial charge in [0, 0.05) is 38.8 Å². The van der Waals surface area contributed by atoms with E-state index in [1.54, 1.807) is 19.0 Å². The van der Waals surface area contributed by atoms with E-state index >= 15 is 0 Å². The van der Waals surface area contributed by atoms with Crippen molar-refractivity contribution in [3.05, 3.63) is 29.1 Å². The quantitative estimate of drug-likeness (QED) is 0.829. The summed E-state index contributed by atoms with van der Waals surface area (Å²) < 4.78 is 26.0. The topological polar surface area (TPSA) is 70.6 Å². The highest BCUT2D eigenvalue weighted by Crippen LogP contribution is 2.39. The van der Waals surface area contributed by atoms with Gasteiger partial charge in [-0.3, -0.25) is 9.78 Å². The Balaban J connectivity index is 1.77. The van der Waals surface area contributed by atoms with Gasteiger partial charge >= 0.3 is 0 Å². The molecule has 7 heteroatoms. The van der Waals surface area contributed by atoms with Crippen molar-refractivity contribution in [3.8, 4) is 0 Å². The van der Waals surface area contributed by atoms with Crippen LogP contribution in [-0.2, 0) is 10.0 Å². The molecule has 6 nitrogen and oxygen atoms in total. The lowest BCUT2D eigenvalue weighted by atomic mass is 10.1. The summed E-state index contributed by atoms with van der Waals surface area (Å²) in [6.45, 7) is 2.71. The molecule has 1 aromatic rings. The van der Waals surface area contributed by atoms with E-state index in [9.17, 15) is 13.2 Å². The molecule has 132 valence electrons. The van der Waals surface area contributed by atoms with Crippen LogP contribution in [-0.4, -0.2) is 60.9 Å². The van der Waals surface area contributed by atoms with Crippen molar-refractivity contribution in [3.63, 3.8) is 0 Å². The van der Waals surface area contributed by atoms with Crippen molar-refractivity contribution in [2.45, 2.75) is 43.8 Å². The number of aryl methyl sites for hydroxylation is 1. The zero-order valence-electron chi connectivity index (χ0n) is 14.5. The molecule has 1 aliphatic carbocycles. The molecule has 0 N–H and O–H groups in total. The second kappa shape index (κ2) is 6.44. The van der Waals surface area contributed by atoms with Gasteiger partial charge in [-0.15, -0.1) is 0 Å². The molecule has 3 rings (SSSR count). The first-order chi connectivity index (χ1) is 11.3. The minimum Gasteiger partial charge on any atom is -0.337 e. The van der Waals surface area contributed by atoms with Crippen molar-refractivity contribution in [2.75, 3.05) is 27.2 Å². The molecule has 1 aromatic heterocycles. The second-order valence-corrected chi connectivity index (χ2v) is 9.41. The van der Waals surface area contributed by atoms with Gasteiger partial charge in [-0.05, 0) is 44.7 Å². The summed E-state index contributed by atoms with van der Waals surface area (Å²) in [6.07, 6.45) is 3.66. The number of pyridine rings is 1. The summed E-state index contributed by atoms with van der Waals surface area (Å²) in [7, 11) is -0.260. The number of likely N-dealkylation sites (tertiary alicyclic amines) is 1. The van der Waals surface area contributed by atoms with Gasteiger partial charge in [-0.25, -0.2) is 12.7 Å². The molecule has 0 spiro atoms. The minimum atomic E-state index is -3.34. The number of hydrogen-bond donors (Lipinski definition) is 0. The molecule has 0 radical (unpaired) electrons. The molecule has 0 bridgehead atoms. The fraction of sp³-hybridized carbons (Fsp3) is 0.647. The van der Waals surface area contributed by atoms with Gasteiger partial charge in [0.05, 0.1) is 16.5 Å². The second-order valence-electron chi connectivity index (χ2n) is 6.99. The molecule has 1 aliphatic heterocycles. The van der Waals surface area contributed by atoms with Crippen molar-refractivity contribution in [1.82, 2.24) is 14.2 Å². The van der Waals surface area contributed by atoms with Crippen LogP contribution in [0.5, 0.6) is 0 Å². The highest BCUT2D eigenvalue weighted by molar-refractivity contribution is 7.89. The number of sulfonamides is 1. The number of carbonyl (C=O) groups is 1. The van der Waals surface area contributed by atoms with Crippen molar-refractivity contribution < 1.29 is 13.2 Å². The Labute approximate surface area is 143 Å². The first-order valence-electron chi connectivity index (χ1n) is 8.49. The van der Waals surface area contributed by atoms with Crippen LogP contribution in [0.25, 0.3) is 0 Å². The highest BCUT2D eigenvalue weighted by atomic mass is 32.2. The van der Waals surface area contributed by atoms with E-state index < -0.39 is 15.3 Å². The fourth-order valence-electron chi connectivity index (χ4n) is 3.25. The predicted molar refractivity (Wildman–Crippen MR) is 92.5 cm³/mol. The Morgan fingerprint density at radius 3 is 2.54 bits per heavy atom. The van der Waals surface area contributed by atoms with Crippen LogP contribution in [0.4, 0.5) is 0 Å². The maximum atomic E-state index is 12.8. The van der Waals surface area contributed by atoms with Crippen LogP contribution in [0.3, 0.4) is 0 Å². The number of piperidine rings is 1. The Morgan fingerprint density at radius 1 is 1.25 bits per heavy atom. The van der Waals surface area contributed by atoms with Gasteiger partial charge in [-0.2, -0.15) is 0 Å². The van der Waals surface area contributed by atoms with Gasteiger partial charge in [0.25, 0.3) is 5.91 Å². The number of carbonyl (C=O) groups excluding carboxylic acids is 1. The van der Waals surface area contributed by atoms with Gasteiger partial charge < -0.3 is 4.90 Å². The highest BCUT2D eigenvalue weighted by Gasteiger charge is 2.35. The standard InChI is InChI=1S/C17H25N3O3S/c1-12-15(8-9-16(18-12)13-6-7-13)17(21)20-10-4-5-14(11-20)24(22,23)19(2)3/h8-9,13-14H,4-7,10-11H2,1-3H3/t14-/m0/s1. The summed E-state index contributed by atoms with van der Waals surface area (Å²) in [5, 5.41) is -0.524. The lowest BCUT2D eigenvalue weighted by Crippen LogP contribution is -2.48. The van der Waals surface area contributed by atoms with E-state index in [0.717, 1.165) is 11.4 Å². The van der Waals surface area contributed by atoms with Crippen LogP contribution in [0, 0.1) is 6.92 Å². The molecule has 2 fully saturated rings. The zero-order chi connectivity index (χ0) is 17.5.